The molecule has 2 nitrogen and oxygen atoms in total. The number of fused-ring (bicyclic) bond motifs is 1. The summed E-state index contributed by atoms with van der Waals surface area (Å²) < 4.78 is 5.82. The van der Waals surface area contributed by atoms with E-state index in [1.165, 1.54) is 0 Å². The standard InChI is InChI=1S/C10H7ClO2S/c11-8-1-2-9-7(4-13-6-12)5-14-10(9)3-8/h1-3,5-6H,4H2. The summed E-state index contributed by atoms with van der Waals surface area (Å²) in [5.74, 6) is 0. The van der Waals surface area contributed by atoms with E-state index in [-0.39, 0.29) is 0 Å². The molecule has 1 heterocycles. The SMILES string of the molecule is O=COCc1csc2cc(Cl)ccc12. The minimum absolute atomic E-state index is 0.325. The molecule has 0 bridgehead atoms. The van der Waals surface area contributed by atoms with Gasteiger partial charge in [-0.15, -0.1) is 11.3 Å². The fourth-order valence-corrected chi connectivity index (χ4v) is 2.51. The molecule has 72 valence electrons. The van der Waals surface area contributed by atoms with Gasteiger partial charge in [0.1, 0.15) is 6.61 Å². The molecule has 0 amide bonds. The number of halogens is 1. The number of rotatable bonds is 3. The molecule has 0 fully saturated rings. The first-order valence-electron chi connectivity index (χ1n) is 4.02. The van der Waals surface area contributed by atoms with Crippen molar-refractivity contribution in [3.05, 3.63) is 34.2 Å². The lowest BCUT2D eigenvalue weighted by Crippen LogP contribution is -1.87. The molecule has 2 rings (SSSR count). The molecule has 0 atom stereocenters. The van der Waals surface area contributed by atoms with Gasteiger partial charge in [0.05, 0.1) is 0 Å². The van der Waals surface area contributed by atoms with Crippen molar-refractivity contribution in [2.75, 3.05) is 0 Å². The summed E-state index contributed by atoms with van der Waals surface area (Å²) in [5, 5.41) is 3.80. The van der Waals surface area contributed by atoms with Crippen LogP contribution in [0, 0.1) is 0 Å². The number of ether oxygens (including phenoxy) is 1. The highest BCUT2D eigenvalue weighted by Gasteiger charge is 2.04. The zero-order chi connectivity index (χ0) is 9.97. The van der Waals surface area contributed by atoms with Gasteiger partial charge in [0.25, 0.3) is 6.47 Å². The molecule has 0 radical (unpaired) electrons. The van der Waals surface area contributed by atoms with Crippen LogP contribution < -0.4 is 0 Å². The van der Waals surface area contributed by atoms with Crippen molar-refractivity contribution in [1.29, 1.82) is 0 Å². The van der Waals surface area contributed by atoms with Crippen LogP contribution in [0.2, 0.25) is 5.02 Å². The molecule has 0 saturated heterocycles. The average molecular weight is 227 g/mol. The molecule has 14 heavy (non-hydrogen) atoms. The van der Waals surface area contributed by atoms with Crippen LogP contribution in [-0.2, 0) is 16.1 Å². The molecule has 0 aliphatic heterocycles. The third-order valence-electron chi connectivity index (χ3n) is 1.92. The predicted octanol–water partition coefficient (Wildman–Crippen LogP) is 3.23. The Labute approximate surface area is 90.1 Å². The lowest BCUT2D eigenvalue weighted by Gasteiger charge is -1.97. The summed E-state index contributed by atoms with van der Waals surface area (Å²) in [6, 6.07) is 5.69. The fraction of sp³-hybridized carbons (Fsp3) is 0.100. The van der Waals surface area contributed by atoms with E-state index in [2.05, 4.69) is 0 Å². The lowest BCUT2D eigenvalue weighted by molar-refractivity contribution is -0.129. The second kappa shape index (κ2) is 3.98. The maximum atomic E-state index is 10.1. The van der Waals surface area contributed by atoms with Gasteiger partial charge in [0.2, 0.25) is 0 Å². The number of carbonyl (C=O) groups excluding carboxylic acids is 1. The maximum absolute atomic E-state index is 10.1. The van der Waals surface area contributed by atoms with Crippen LogP contribution in [0.15, 0.2) is 23.6 Å². The van der Waals surface area contributed by atoms with E-state index in [1.54, 1.807) is 11.3 Å². The minimum Gasteiger partial charge on any atom is -0.463 e. The average Bonchev–Trinajstić information content (AvgIpc) is 2.57. The largest absolute Gasteiger partial charge is 0.463 e. The predicted molar refractivity (Wildman–Crippen MR) is 57.7 cm³/mol. The first-order chi connectivity index (χ1) is 6.81. The molecule has 2 aromatic rings. The second-order valence-corrected chi connectivity index (χ2v) is 4.16. The summed E-state index contributed by atoms with van der Waals surface area (Å²) in [6.07, 6.45) is 0. The number of thiophene rings is 1. The van der Waals surface area contributed by atoms with E-state index in [1.807, 2.05) is 23.6 Å². The Kier molecular flexibility index (Phi) is 2.70. The van der Waals surface area contributed by atoms with Crippen LogP contribution in [-0.4, -0.2) is 6.47 Å². The fourth-order valence-electron chi connectivity index (χ4n) is 1.29. The van der Waals surface area contributed by atoms with E-state index in [0.717, 1.165) is 20.7 Å². The molecule has 0 saturated carbocycles. The molecule has 4 heteroatoms. The Hall–Kier alpha value is -1.06. The molecule has 0 aliphatic rings. The Morgan fingerprint density at radius 3 is 3.14 bits per heavy atom. The molecule has 0 spiro atoms. The van der Waals surface area contributed by atoms with Crippen LogP contribution in [0.3, 0.4) is 0 Å². The summed E-state index contributed by atoms with van der Waals surface area (Å²) in [6.45, 7) is 0.782. The summed E-state index contributed by atoms with van der Waals surface area (Å²) >= 11 is 7.45. The van der Waals surface area contributed by atoms with Crippen molar-refractivity contribution < 1.29 is 9.53 Å². The Morgan fingerprint density at radius 2 is 2.36 bits per heavy atom. The molecule has 0 unspecified atom stereocenters. The lowest BCUT2D eigenvalue weighted by atomic mass is 10.2. The number of benzene rings is 1. The summed E-state index contributed by atoms with van der Waals surface area (Å²) in [7, 11) is 0. The first kappa shape index (κ1) is 9.49. The molecular formula is C10H7ClO2S. The monoisotopic (exact) mass is 226 g/mol. The highest BCUT2D eigenvalue weighted by atomic mass is 35.5. The van der Waals surface area contributed by atoms with Crippen molar-refractivity contribution in [2.24, 2.45) is 0 Å². The van der Waals surface area contributed by atoms with Gasteiger partial charge in [-0.25, -0.2) is 0 Å². The summed E-state index contributed by atoms with van der Waals surface area (Å²) in [5.41, 5.74) is 1.02. The van der Waals surface area contributed by atoms with Gasteiger partial charge in [-0.1, -0.05) is 17.7 Å². The van der Waals surface area contributed by atoms with Gasteiger partial charge < -0.3 is 4.74 Å². The van der Waals surface area contributed by atoms with E-state index in [0.29, 0.717) is 13.1 Å². The van der Waals surface area contributed by atoms with Crippen LogP contribution in [0.4, 0.5) is 0 Å². The number of carbonyl (C=O) groups is 1. The van der Waals surface area contributed by atoms with E-state index >= 15 is 0 Å². The van der Waals surface area contributed by atoms with Crippen molar-refractivity contribution in [3.63, 3.8) is 0 Å². The van der Waals surface area contributed by atoms with Crippen molar-refractivity contribution in [2.45, 2.75) is 6.61 Å². The van der Waals surface area contributed by atoms with Crippen LogP contribution >= 0.6 is 22.9 Å². The number of hydrogen-bond donors (Lipinski definition) is 0. The second-order valence-electron chi connectivity index (χ2n) is 2.81. The van der Waals surface area contributed by atoms with Gasteiger partial charge in [0.15, 0.2) is 0 Å². The zero-order valence-electron chi connectivity index (χ0n) is 7.20. The van der Waals surface area contributed by atoms with Crippen molar-refractivity contribution >= 4 is 39.5 Å². The van der Waals surface area contributed by atoms with Crippen molar-refractivity contribution in [3.8, 4) is 0 Å². The van der Waals surface area contributed by atoms with Gasteiger partial charge in [-0.2, -0.15) is 0 Å². The Balaban J connectivity index is 2.42. The normalized spacial score (nSPS) is 10.4. The quantitative estimate of drug-likeness (QED) is 0.752. The van der Waals surface area contributed by atoms with E-state index in [9.17, 15) is 4.79 Å². The maximum Gasteiger partial charge on any atom is 0.293 e. The van der Waals surface area contributed by atoms with Gasteiger partial charge >= 0.3 is 0 Å². The third-order valence-corrected chi connectivity index (χ3v) is 3.15. The molecular weight excluding hydrogens is 220 g/mol. The molecule has 1 aromatic carbocycles. The molecule has 1 aromatic heterocycles. The first-order valence-corrected chi connectivity index (χ1v) is 5.28. The number of hydrogen-bond acceptors (Lipinski definition) is 3. The minimum atomic E-state index is 0.325. The van der Waals surface area contributed by atoms with Crippen LogP contribution in [0.25, 0.3) is 10.1 Å². The van der Waals surface area contributed by atoms with E-state index in [4.69, 9.17) is 16.3 Å². The third kappa shape index (κ3) is 1.74. The van der Waals surface area contributed by atoms with E-state index < -0.39 is 0 Å². The Bertz CT molecular complexity index is 464. The van der Waals surface area contributed by atoms with Crippen molar-refractivity contribution in [1.82, 2.24) is 0 Å². The van der Waals surface area contributed by atoms with Gasteiger partial charge in [-0.05, 0) is 22.9 Å². The zero-order valence-corrected chi connectivity index (χ0v) is 8.77. The summed E-state index contributed by atoms with van der Waals surface area (Å²) in [4.78, 5) is 10.1. The van der Waals surface area contributed by atoms with Crippen LogP contribution in [0.1, 0.15) is 5.56 Å². The highest BCUT2D eigenvalue weighted by molar-refractivity contribution is 7.17. The van der Waals surface area contributed by atoms with Gasteiger partial charge in [-0.3, -0.25) is 4.79 Å². The molecule has 0 N–H and O–H groups in total. The van der Waals surface area contributed by atoms with Gasteiger partial charge in [0, 0.05) is 15.3 Å². The Morgan fingerprint density at radius 1 is 1.50 bits per heavy atom. The smallest absolute Gasteiger partial charge is 0.293 e. The molecule has 0 aliphatic carbocycles. The topological polar surface area (TPSA) is 26.3 Å². The van der Waals surface area contributed by atoms with Crippen LogP contribution in [0.5, 0.6) is 0 Å². The highest BCUT2D eigenvalue weighted by Crippen LogP contribution is 2.28.